The smallest absolute Gasteiger partial charge is 0.213 e. The Balaban J connectivity index is 0.000000500. The summed E-state index contributed by atoms with van der Waals surface area (Å²) in [5, 5.41) is 0.233. The number of aryl methyl sites for hydroxylation is 1. The molecule has 0 bridgehead atoms. The minimum Gasteiger partial charge on any atom is -0.213 e. The summed E-state index contributed by atoms with van der Waals surface area (Å²) in [6.07, 6.45) is 14.2. The number of allylic oxidation sites excluding steroid dienone is 9. The molecule has 0 saturated carbocycles. The minimum atomic E-state index is 0.233. The minimum absolute atomic E-state index is 0.233. The van der Waals surface area contributed by atoms with Gasteiger partial charge < -0.3 is 0 Å². The Morgan fingerprint density at radius 2 is 1.48 bits per heavy atom. The lowest BCUT2D eigenvalue weighted by Crippen LogP contribution is -1.95. The number of benzene rings is 1. The highest BCUT2D eigenvalue weighted by atomic mass is 35.5. The average molecular weight is 410 g/mol. The van der Waals surface area contributed by atoms with Gasteiger partial charge in [0.25, 0.3) is 0 Å². The first-order valence-corrected chi connectivity index (χ1v) is 10.1. The van der Waals surface area contributed by atoms with Gasteiger partial charge in [-0.25, -0.2) is 9.97 Å². The molecule has 0 atom stereocenters. The van der Waals surface area contributed by atoms with Gasteiger partial charge in [0.2, 0.25) is 5.28 Å². The maximum absolute atomic E-state index is 5.74. The molecule has 2 aromatic rings. The van der Waals surface area contributed by atoms with Gasteiger partial charge in [-0.15, -0.1) is 0 Å². The first-order valence-electron chi connectivity index (χ1n) is 9.74. The molecule has 1 aromatic heterocycles. The molecule has 2 rings (SSSR count). The Morgan fingerprint density at radius 3 is 1.97 bits per heavy atom. The van der Waals surface area contributed by atoms with Crippen molar-refractivity contribution in [3.8, 4) is 11.4 Å². The van der Waals surface area contributed by atoms with Crippen LogP contribution in [-0.2, 0) is 0 Å². The zero-order valence-corrected chi connectivity index (χ0v) is 19.1. The van der Waals surface area contributed by atoms with E-state index >= 15 is 0 Å². The van der Waals surface area contributed by atoms with Crippen molar-refractivity contribution < 1.29 is 0 Å². The van der Waals surface area contributed by atoms with Gasteiger partial charge in [-0.05, 0) is 50.4 Å². The van der Waals surface area contributed by atoms with Crippen LogP contribution in [0.4, 0.5) is 0 Å². The molecule has 0 aliphatic rings. The van der Waals surface area contributed by atoms with Gasteiger partial charge in [-0.3, -0.25) is 0 Å². The SMILES string of the molecule is C=C/C=C(\C=C/C)C(/C=C\C)=C/C.CC.Cc1nc(Cl)nc(-c2ccccc2)n1. The highest BCUT2D eigenvalue weighted by Crippen LogP contribution is 2.15. The average Bonchev–Trinajstić information content (AvgIpc) is 2.74. The zero-order valence-electron chi connectivity index (χ0n) is 18.4. The second-order valence-corrected chi connectivity index (χ2v) is 5.78. The van der Waals surface area contributed by atoms with Crippen molar-refractivity contribution in [1.29, 1.82) is 0 Å². The molecule has 0 amide bonds. The molecular formula is C25H32ClN3. The molecule has 0 aliphatic carbocycles. The molecule has 0 radical (unpaired) electrons. The van der Waals surface area contributed by atoms with Crippen LogP contribution in [-0.4, -0.2) is 15.0 Å². The Morgan fingerprint density at radius 1 is 0.897 bits per heavy atom. The third-order valence-electron chi connectivity index (χ3n) is 3.39. The first-order chi connectivity index (χ1) is 14.0. The maximum Gasteiger partial charge on any atom is 0.226 e. The number of aromatic nitrogens is 3. The Labute approximate surface area is 181 Å². The quantitative estimate of drug-likeness (QED) is 0.474. The lowest BCUT2D eigenvalue weighted by Gasteiger charge is -2.01. The molecule has 0 saturated heterocycles. The molecule has 154 valence electrons. The maximum atomic E-state index is 5.74. The lowest BCUT2D eigenvalue weighted by atomic mass is 10.0. The molecule has 0 N–H and O–H groups in total. The van der Waals surface area contributed by atoms with Crippen molar-refractivity contribution in [1.82, 2.24) is 15.0 Å². The predicted octanol–water partition coefficient (Wildman–Crippen LogP) is 7.72. The van der Waals surface area contributed by atoms with Gasteiger partial charge in [0.15, 0.2) is 5.82 Å². The zero-order chi connectivity index (χ0) is 22.1. The highest BCUT2D eigenvalue weighted by Gasteiger charge is 2.03. The summed E-state index contributed by atoms with van der Waals surface area (Å²) in [7, 11) is 0. The van der Waals surface area contributed by atoms with E-state index in [0.717, 1.165) is 5.56 Å². The third kappa shape index (κ3) is 10.4. The van der Waals surface area contributed by atoms with E-state index in [2.05, 4.69) is 39.8 Å². The van der Waals surface area contributed by atoms with Gasteiger partial charge in [0.1, 0.15) is 5.82 Å². The Hall–Kier alpha value is -2.78. The largest absolute Gasteiger partial charge is 0.226 e. The normalized spacial score (nSPS) is 11.6. The third-order valence-corrected chi connectivity index (χ3v) is 3.56. The molecule has 0 aliphatic heterocycles. The van der Waals surface area contributed by atoms with Gasteiger partial charge in [0.05, 0.1) is 0 Å². The van der Waals surface area contributed by atoms with Crippen molar-refractivity contribution >= 4 is 11.6 Å². The van der Waals surface area contributed by atoms with Crippen molar-refractivity contribution in [3.63, 3.8) is 0 Å². The molecule has 0 fully saturated rings. The van der Waals surface area contributed by atoms with E-state index in [0.29, 0.717) is 11.6 Å². The van der Waals surface area contributed by atoms with Crippen molar-refractivity contribution in [2.75, 3.05) is 0 Å². The first kappa shape index (κ1) is 26.2. The van der Waals surface area contributed by atoms with E-state index in [1.54, 1.807) is 6.92 Å². The van der Waals surface area contributed by atoms with E-state index < -0.39 is 0 Å². The van der Waals surface area contributed by atoms with Crippen LogP contribution in [0.1, 0.15) is 40.4 Å². The van der Waals surface area contributed by atoms with Crippen LogP contribution >= 0.6 is 11.6 Å². The van der Waals surface area contributed by atoms with Crippen LogP contribution in [0.3, 0.4) is 0 Å². The van der Waals surface area contributed by atoms with E-state index in [9.17, 15) is 0 Å². The molecule has 4 heteroatoms. The molecule has 1 aromatic carbocycles. The highest BCUT2D eigenvalue weighted by molar-refractivity contribution is 6.28. The molecule has 0 unspecified atom stereocenters. The van der Waals surface area contributed by atoms with Crippen molar-refractivity contribution in [2.45, 2.75) is 41.5 Å². The summed E-state index contributed by atoms with van der Waals surface area (Å²) in [6.45, 7) is 15.6. The van der Waals surface area contributed by atoms with Crippen LogP contribution in [0.2, 0.25) is 5.28 Å². The van der Waals surface area contributed by atoms with Crippen LogP contribution < -0.4 is 0 Å². The molecule has 3 nitrogen and oxygen atoms in total. The Bertz CT molecular complexity index is 827. The number of hydrogen-bond acceptors (Lipinski definition) is 3. The van der Waals surface area contributed by atoms with E-state index in [-0.39, 0.29) is 5.28 Å². The van der Waals surface area contributed by atoms with Crippen molar-refractivity contribution in [2.24, 2.45) is 0 Å². The van der Waals surface area contributed by atoms with Crippen LogP contribution in [0.25, 0.3) is 11.4 Å². The summed E-state index contributed by atoms with van der Waals surface area (Å²) in [4.78, 5) is 12.1. The summed E-state index contributed by atoms with van der Waals surface area (Å²) in [5.41, 5.74) is 3.36. The number of hydrogen-bond donors (Lipinski definition) is 0. The van der Waals surface area contributed by atoms with Crippen LogP contribution in [0, 0.1) is 6.92 Å². The summed E-state index contributed by atoms with van der Waals surface area (Å²) in [5.74, 6) is 1.24. The van der Waals surface area contributed by atoms with Gasteiger partial charge in [-0.1, -0.05) is 93.3 Å². The lowest BCUT2D eigenvalue weighted by molar-refractivity contribution is 0.984. The summed E-state index contributed by atoms with van der Waals surface area (Å²) >= 11 is 5.74. The van der Waals surface area contributed by atoms with Crippen LogP contribution in [0.15, 0.2) is 90.6 Å². The number of rotatable bonds is 5. The summed E-state index contributed by atoms with van der Waals surface area (Å²) < 4.78 is 0. The van der Waals surface area contributed by atoms with Gasteiger partial charge in [0, 0.05) is 5.56 Å². The molecule has 0 spiro atoms. The molecule has 1 heterocycles. The van der Waals surface area contributed by atoms with E-state index in [1.165, 1.54) is 11.1 Å². The van der Waals surface area contributed by atoms with Crippen molar-refractivity contribution in [3.05, 3.63) is 102 Å². The van der Waals surface area contributed by atoms with Gasteiger partial charge >= 0.3 is 0 Å². The van der Waals surface area contributed by atoms with Gasteiger partial charge in [-0.2, -0.15) is 4.98 Å². The predicted molar refractivity (Wildman–Crippen MR) is 128 cm³/mol. The Kier molecular flexibility index (Phi) is 14.6. The second kappa shape index (κ2) is 16.2. The van der Waals surface area contributed by atoms with Crippen LogP contribution in [0.5, 0.6) is 0 Å². The fourth-order valence-electron chi connectivity index (χ4n) is 2.26. The number of nitrogens with zero attached hydrogens (tertiary/aromatic N) is 3. The summed E-state index contributed by atoms with van der Waals surface area (Å²) in [6, 6.07) is 9.68. The monoisotopic (exact) mass is 409 g/mol. The number of halogens is 1. The van der Waals surface area contributed by atoms with E-state index in [4.69, 9.17) is 11.6 Å². The molecule has 29 heavy (non-hydrogen) atoms. The molecular weight excluding hydrogens is 378 g/mol. The fourth-order valence-corrected chi connectivity index (χ4v) is 2.46. The standard InChI is InChI=1S/C13H18.C10H8ClN3.C2H6/c1-5-9-12(8-4)13(10-6-2)11-7-3;1-7-12-9(14-10(11)13-7)8-5-3-2-4-6-8;1-2/h5-11H,2H2,1,3-4H3;2-6H,1H3;1-2H3/b9-5-,11-7-,12-8+,13-10+;;. The second-order valence-electron chi connectivity index (χ2n) is 5.44. The fraction of sp³-hybridized carbons (Fsp3) is 0.240. The topological polar surface area (TPSA) is 38.7 Å². The van der Waals surface area contributed by atoms with E-state index in [1.807, 2.05) is 89.3 Å².